The van der Waals surface area contributed by atoms with Gasteiger partial charge >= 0.3 is 0 Å². The predicted molar refractivity (Wildman–Crippen MR) is 163 cm³/mol. The van der Waals surface area contributed by atoms with Crippen molar-refractivity contribution in [1.29, 1.82) is 0 Å². The maximum atomic E-state index is 12.3. The number of benzene rings is 3. The quantitative estimate of drug-likeness (QED) is 0.257. The molecule has 0 amide bonds. The van der Waals surface area contributed by atoms with E-state index in [2.05, 4.69) is 58.4 Å². The second-order valence-electron chi connectivity index (χ2n) is 11.7. The molecular formula is C35H42N2O3. The number of nitrogens with zero attached hydrogens (tertiary/aromatic N) is 2. The smallest absolute Gasteiger partial charge is 0.173 e. The first-order valence-corrected chi connectivity index (χ1v) is 14.9. The van der Waals surface area contributed by atoms with Gasteiger partial charge in [-0.05, 0) is 93.8 Å². The standard InChI is InChI=1S/C35H42N2O3/c1-27(2)36-25-30(38)17-14-28-9-8-21-35(22-20-28)23-24-37(33-12-6-7-13-34(33)40-35)26-29-15-18-32(19-16-29)39-31-10-4-3-5-11-31/h3-7,10-13,15-16,18-19,25,27-28H,8-9,14,17,20-24,26H2,1-2H3. The average Bonchev–Trinajstić information content (AvgIpc) is 3.26. The zero-order chi connectivity index (χ0) is 27.8. The number of carbonyl (C=O) groups is 1. The van der Waals surface area contributed by atoms with E-state index in [4.69, 9.17) is 9.47 Å². The second kappa shape index (κ2) is 13.2. The Morgan fingerprint density at radius 2 is 1.73 bits per heavy atom. The van der Waals surface area contributed by atoms with Crippen LogP contribution in [0.2, 0.25) is 0 Å². The molecule has 0 N–H and O–H groups in total. The van der Waals surface area contributed by atoms with Crippen LogP contribution < -0.4 is 14.4 Å². The Hall–Kier alpha value is -3.60. The minimum Gasteiger partial charge on any atom is -0.485 e. The number of anilines is 1. The first-order valence-electron chi connectivity index (χ1n) is 14.9. The third-order valence-electron chi connectivity index (χ3n) is 8.21. The Morgan fingerprint density at radius 1 is 0.975 bits per heavy atom. The van der Waals surface area contributed by atoms with Gasteiger partial charge in [-0.3, -0.25) is 9.79 Å². The molecule has 1 aliphatic carbocycles. The van der Waals surface area contributed by atoms with Gasteiger partial charge in [-0.2, -0.15) is 0 Å². The van der Waals surface area contributed by atoms with E-state index in [1.807, 2.05) is 44.2 Å². The number of Topliss-reactive ketones (excluding diaryl/α,β-unsaturated/α-hetero) is 1. The first kappa shape index (κ1) is 27.9. The van der Waals surface area contributed by atoms with Crippen LogP contribution in [0.4, 0.5) is 5.69 Å². The molecule has 3 aromatic rings. The van der Waals surface area contributed by atoms with Gasteiger partial charge in [-0.25, -0.2) is 0 Å². The fraction of sp³-hybridized carbons (Fsp3) is 0.429. The molecule has 2 aliphatic rings. The molecule has 1 saturated carbocycles. The molecule has 5 rings (SSSR count). The van der Waals surface area contributed by atoms with Crippen molar-refractivity contribution < 1.29 is 14.3 Å². The minimum absolute atomic E-state index is 0.143. The molecule has 40 heavy (non-hydrogen) atoms. The van der Waals surface area contributed by atoms with E-state index in [-0.39, 0.29) is 17.4 Å². The summed E-state index contributed by atoms with van der Waals surface area (Å²) in [6.07, 6.45) is 9.62. The summed E-state index contributed by atoms with van der Waals surface area (Å²) in [5.41, 5.74) is 2.27. The van der Waals surface area contributed by atoms with Crippen molar-refractivity contribution in [2.45, 2.75) is 83.4 Å². The van der Waals surface area contributed by atoms with E-state index in [0.717, 1.165) is 68.9 Å². The molecule has 3 aromatic carbocycles. The first-order chi connectivity index (χ1) is 19.5. The van der Waals surface area contributed by atoms with Crippen LogP contribution in [-0.4, -0.2) is 30.2 Å². The number of hydrogen-bond acceptors (Lipinski definition) is 5. The van der Waals surface area contributed by atoms with Gasteiger partial charge in [0.1, 0.15) is 22.8 Å². The molecule has 0 radical (unpaired) electrons. The van der Waals surface area contributed by atoms with Crippen LogP contribution in [0, 0.1) is 5.92 Å². The Labute approximate surface area is 239 Å². The number of ether oxygens (including phenoxy) is 2. The van der Waals surface area contributed by atoms with Gasteiger partial charge in [-0.1, -0.05) is 48.9 Å². The number of aliphatic imine (C=N–C) groups is 1. The van der Waals surface area contributed by atoms with E-state index in [9.17, 15) is 4.79 Å². The SMILES string of the molecule is CC(C)N=CC(=O)CCC1CCCC2(CC1)CCN(Cc1ccc(Oc3ccccc3)cc1)c1ccccc1O2. The van der Waals surface area contributed by atoms with Crippen LogP contribution in [0.15, 0.2) is 83.9 Å². The summed E-state index contributed by atoms with van der Waals surface area (Å²) < 4.78 is 12.9. The van der Waals surface area contributed by atoms with Crippen LogP contribution in [0.3, 0.4) is 0 Å². The van der Waals surface area contributed by atoms with Gasteiger partial charge in [0.15, 0.2) is 5.78 Å². The Kier molecular flexibility index (Phi) is 9.20. The maximum absolute atomic E-state index is 12.3. The lowest BCUT2D eigenvalue weighted by molar-refractivity contribution is -0.112. The average molecular weight is 539 g/mol. The van der Waals surface area contributed by atoms with Crippen LogP contribution in [0.25, 0.3) is 0 Å². The number of para-hydroxylation sites is 3. The molecule has 0 aromatic heterocycles. The zero-order valence-corrected chi connectivity index (χ0v) is 23.9. The number of fused-ring (bicyclic) bond motifs is 1. The van der Waals surface area contributed by atoms with E-state index in [1.165, 1.54) is 23.9 Å². The van der Waals surface area contributed by atoms with Gasteiger partial charge in [0.25, 0.3) is 0 Å². The van der Waals surface area contributed by atoms with Gasteiger partial charge in [0.05, 0.1) is 11.9 Å². The topological polar surface area (TPSA) is 51.1 Å². The van der Waals surface area contributed by atoms with E-state index in [1.54, 1.807) is 0 Å². The summed E-state index contributed by atoms with van der Waals surface area (Å²) in [6.45, 7) is 5.77. The molecule has 1 spiro atoms. The predicted octanol–water partition coefficient (Wildman–Crippen LogP) is 8.42. The Morgan fingerprint density at radius 3 is 2.52 bits per heavy atom. The summed E-state index contributed by atoms with van der Waals surface area (Å²) >= 11 is 0. The highest BCUT2D eigenvalue weighted by molar-refractivity contribution is 6.27. The lowest BCUT2D eigenvalue weighted by Gasteiger charge is -2.32. The summed E-state index contributed by atoms with van der Waals surface area (Å²) in [4.78, 5) is 19.0. The molecule has 5 nitrogen and oxygen atoms in total. The number of ketones is 1. The van der Waals surface area contributed by atoms with Crippen LogP contribution in [0.1, 0.15) is 70.8 Å². The molecule has 5 heteroatoms. The fourth-order valence-electron chi connectivity index (χ4n) is 5.95. The third kappa shape index (κ3) is 7.53. The van der Waals surface area contributed by atoms with Gasteiger partial charge in [0, 0.05) is 32.0 Å². The third-order valence-corrected chi connectivity index (χ3v) is 8.21. The highest BCUT2D eigenvalue weighted by atomic mass is 16.5. The molecule has 2 unspecified atom stereocenters. The van der Waals surface area contributed by atoms with Crippen molar-refractivity contribution in [2.75, 3.05) is 11.4 Å². The lowest BCUT2D eigenvalue weighted by Crippen LogP contribution is -2.37. The second-order valence-corrected chi connectivity index (χ2v) is 11.7. The van der Waals surface area contributed by atoms with Crippen molar-refractivity contribution in [1.82, 2.24) is 0 Å². The maximum Gasteiger partial charge on any atom is 0.173 e. The fourth-order valence-corrected chi connectivity index (χ4v) is 5.95. The van der Waals surface area contributed by atoms with Crippen LogP contribution >= 0.6 is 0 Å². The summed E-state index contributed by atoms with van der Waals surface area (Å²) in [5, 5.41) is 0. The van der Waals surface area contributed by atoms with Crippen molar-refractivity contribution >= 4 is 17.7 Å². The normalized spacial score (nSPS) is 21.1. The van der Waals surface area contributed by atoms with E-state index >= 15 is 0 Å². The largest absolute Gasteiger partial charge is 0.485 e. The summed E-state index contributed by atoms with van der Waals surface area (Å²) in [5.74, 6) is 3.41. The Bertz CT molecular complexity index is 1270. The van der Waals surface area contributed by atoms with Gasteiger partial charge < -0.3 is 14.4 Å². The lowest BCUT2D eigenvalue weighted by atomic mass is 9.89. The molecule has 210 valence electrons. The molecule has 1 fully saturated rings. The van der Waals surface area contributed by atoms with Crippen molar-refractivity contribution in [3.63, 3.8) is 0 Å². The van der Waals surface area contributed by atoms with E-state index < -0.39 is 0 Å². The molecule has 0 bridgehead atoms. The number of hydrogen-bond donors (Lipinski definition) is 0. The molecule has 1 aliphatic heterocycles. The highest BCUT2D eigenvalue weighted by Crippen LogP contribution is 2.43. The molecule has 1 heterocycles. The van der Waals surface area contributed by atoms with Crippen molar-refractivity contribution in [3.8, 4) is 17.2 Å². The molecule has 2 atom stereocenters. The minimum atomic E-state index is -0.143. The van der Waals surface area contributed by atoms with Gasteiger partial charge in [-0.15, -0.1) is 0 Å². The summed E-state index contributed by atoms with van der Waals surface area (Å²) in [6, 6.07) is 27.0. The monoisotopic (exact) mass is 538 g/mol. The number of carbonyl (C=O) groups excluding carboxylic acids is 1. The highest BCUT2D eigenvalue weighted by Gasteiger charge is 2.38. The van der Waals surface area contributed by atoms with Crippen molar-refractivity contribution in [3.05, 3.63) is 84.4 Å². The van der Waals surface area contributed by atoms with Gasteiger partial charge in [0.2, 0.25) is 0 Å². The zero-order valence-electron chi connectivity index (χ0n) is 23.9. The molecule has 0 saturated heterocycles. The van der Waals surface area contributed by atoms with E-state index in [0.29, 0.717) is 12.3 Å². The summed E-state index contributed by atoms with van der Waals surface area (Å²) in [7, 11) is 0. The van der Waals surface area contributed by atoms with Crippen LogP contribution in [0.5, 0.6) is 17.2 Å². The molecular weight excluding hydrogens is 496 g/mol. The number of rotatable bonds is 9. The van der Waals surface area contributed by atoms with Crippen LogP contribution in [-0.2, 0) is 11.3 Å². The van der Waals surface area contributed by atoms with Crippen molar-refractivity contribution in [2.24, 2.45) is 10.9 Å². The Balaban J connectivity index is 1.22.